The highest BCUT2D eigenvalue weighted by Crippen LogP contribution is 2.27. The van der Waals surface area contributed by atoms with E-state index in [2.05, 4.69) is 24.3 Å². The zero-order valence-corrected chi connectivity index (χ0v) is 17.1. The van der Waals surface area contributed by atoms with Crippen LogP contribution in [0.15, 0.2) is 88.8 Å². The molecule has 146 valence electrons. The maximum Gasteiger partial charge on any atom is 0.266 e. The van der Waals surface area contributed by atoms with Crippen molar-refractivity contribution in [3.8, 4) is 11.4 Å². The van der Waals surface area contributed by atoms with Crippen LogP contribution >= 0.6 is 11.8 Å². The number of nitrogens with zero attached hydrogens (tertiary/aromatic N) is 2. The summed E-state index contributed by atoms with van der Waals surface area (Å²) in [6.07, 6.45) is 2.00. The summed E-state index contributed by atoms with van der Waals surface area (Å²) in [5.74, 6) is 1.52. The Morgan fingerprint density at radius 2 is 1.66 bits per heavy atom. The molecule has 1 heterocycles. The number of thioether (sulfide) groups is 1. The molecule has 0 radical (unpaired) electrons. The molecule has 0 unspecified atom stereocenters. The number of hydrogen-bond donors (Lipinski definition) is 0. The van der Waals surface area contributed by atoms with Gasteiger partial charge >= 0.3 is 0 Å². The Balaban J connectivity index is 1.69. The van der Waals surface area contributed by atoms with Gasteiger partial charge in [-0.2, -0.15) is 0 Å². The van der Waals surface area contributed by atoms with E-state index >= 15 is 0 Å². The van der Waals surface area contributed by atoms with Crippen molar-refractivity contribution in [3.63, 3.8) is 0 Å². The maximum absolute atomic E-state index is 13.3. The summed E-state index contributed by atoms with van der Waals surface area (Å²) < 4.78 is 7.18. The molecule has 3 aromatic carbocycles. The predicted molar refractivity (Wildman–Crippen MR) is 119 cm³/mol. The van der Waals surface area contributed by atoms with E-state index in [1.165, 1.54) is 5.56 Å². The lowest BCUT2D eigenvalue weighted by Gasteiger charge is -2.15. The number of para-hydroxylation sites is 3. The van der Waals surface area contributed by atoms with Crippen molar-refractivity contribution in [1.29, 1.82) is 0 Å². The fourth-order valence-electron chi connectivity index (χ4n) is 3.32. The van der Waals surface area contributed by atoms with Crippen LogP contribution in [0.2, 0.25) is 0 Å². The first-order valence-electron chi connectivity index (χ1n) is 9.60. The van der Waals surface area contributed by atoms with Gasteiger partial charge in [0, 0.05) is 5.75 Å². The Morgan fingerprint density at radius 1 is 0.931 bits per heavy atom. The number of rotatable bonds is 7. The zero-order valence-electron chi connectivity index (χ0n) is 16.2. The summed E-state index contributed by atoms with van der Waals surface area (Å²) in [6, 6.07) is 25.5. The second kappa shape index (κ2) is 8.97. The Bertz CT molecular complexity index is 1170. The van der Waals surface area contributed by atoms with Gasteiger partial charge < -0.3 is 4.74 Å². The normalized spacial score (nSPS) is 10.9. The predicted octanol–water partition coefficient (Wildman–Crippen LogP) is 5.12. The van der Waals surface area contributed by atoms with E-state index in [1.807, 2.05) is 54.6 Å². The molecule has 0 amide bonds. The van der Waals surface area contributed by atoms with Gasteiger partial charge in [0.15, 0.2) is 5.16 Å². The van der Waals surface area contributed by atoms with Gasteiger partial charge in [-0.1, -0.05) is 66.4 Å². The number of aryl methyl sites for hydroxylation is 1. The molecule has 0 spiro atoms. The number of ether oxygens (including phenoxy) is 1. The van der Waals surface area contributed by atoms with Crippen LogP contribution in [0.3, 0.4) is 0 Å². The van der Waals surface area contributed by atoms with E-state index in [9.17, 15) is 4.79 Å². The standard InChI is InChI=1S/C24H22N2O2S/c1-28-22-16-8-7-15-21(22)26-23(27)19-13-5-6-14-20(19)25-24(26)29-17-9-12-18-10-3-2-4-11-18/h2-8,10-11,13-16H,9,12,17H2,1H3. The summed E-state index contributed by atoms with van der Waals surface area (Å²) in [6.45, 7) is 0. The molecule has 0 bridgehead atoms. The molecule has 0 N–H and O–H groups in total. The van der Waals surface area contributed by atoms with Crippen LogP contribution in [0.25, 0.3) is 16.6 Å². The van der Waals surface area contributed by atoms with Gasteiger partial charge in [-0.3, -0.25) is 9.36 Å². The van der Waals surface area contributed by atoms with E-state index in [0.29, 0.717) is 27.5 Å². The van der Waals surface area contributed by atoms with Crippen molar-refractivity contribution in [2.45, 2.75) is 18.0 Å². The second-order valence-corrected chi connectivity index (χ2v) is 7.72. The molecule has 0 fully saturated rings. The van der Waals surface area contributed by atoms with Crippen LogP contribution < -0.4 is 10.3 Å². The molecule has 0 saturated heterocycles. The average Bonchev–Trinajstić information content (AvgIpc) is 2.78. The Morgan fingerprint density at radius 3 is 2.48 bits per heavy atom. The average molecular weight is 403 g/mol. The number of benzene rings is 3. The lowest BCUT2D eigenvalue weighted by molar-refractivity contribution is 0.411. The topological polar surface area (TPSA) is 44.1 Å². The van der Waals surface area contributed by atoms with Gasteiger partial charge in [0.2, 0.25) is 0 Å². The number of aromatic nitrogens is 2. The molecule has 5 heteroatoms. The number of hydrogen-bond acceptors (Lipinski definition) is 4. The van der Waals surface area contributed by atoms with Crippen LogP contribution in [0.4, 0.5) is 0 Å². The van der Waals surface area contributed by atoms with Crippen molar-refractivity contribution >= 4 is 22.7 Å². The zero-order chi connectivity index (χ0) is 20.1. The molecular formula is C24H22N2O2S. The maximum atomic E-state index is 13.3. The molecule has 0 aliphatic rings. The van der Waals surface area contributed by atoms with Crippen LogP contribution in [0, 0.1) is 0 Å². The van der Waals surface area contributed by atoms with Gasteiger partial charge in [0.1, 0.15) is 5.75 Å². The van der Waals surface area contributed by atoms with Gasteiger partial charge in [-0.05, 0) is 42.7 Å². The summed E-state index contributed by atoms with van der Waals surface area (Å²) in [4.78, 5) is 18.1. The highest BCUT2D eigenvalue weighted by molar-refractivity contribution is 7.99. The fraction of sp³-hybridized carbons (Fsp3) is 0.167. The quantitative estimate of drug-likeness (QED) is 0.244. The molecule has 29 heavy (non-hydrogen) atoms. The van der Waals surface area contributed by atoms with E-state index in [4.69, 9.17) is 9.72 Å². The summed E-state index contributed by atoms with van der Waals surface area (Å²) in [7, 11) is 1.62. The van der Waals surface area contributed by atoms with Crippen LogP contribution in [0.1, 0.15) is 12.0 Å². The van der Waals surface area contributed by atoms with Crippen LogP contribution in [-0.2, 0) is 6.42 Å². The minimum Gasteiger partial charge on any atom is -0.495 e. The van der Waals surface area contributed by atoms with Crippen LogP contribution in [0.5, 0.6) is 5.75 Å². The highest BCUT2D eigenvalue weighted by atomic mass is 32.2. The van der Waals surface area contributed by atoms with E-state index in [0.717, 1.165) is 18.6 Å². The second-order valence-electron chi connectivity index (χ2n) is 6.66. The minimum absolute atomic E-state index is 0.0781. The van der Waals surface area contributed by atoms with Crippen molar-refractivity contribution in [2.75, 3.05) is 12.9 Å². The first-order valence-corrected chi connectivity index (χ1v) is 10.6. The molecule has 4 rings (SSSR count). The Labute approximate surface area is 174 Å². The van der Waals surface area contributed by atoms with Crippen LogP contribution in [-0.4, -0.2) is 22.4 Å². The molecule has 4 aromatic rings. The van der Waals surface area contributed by atoms with Crippen molar-refractivity contribution in [2.24, 2.45) is 0 Å². The Hall–Kier alpha value is -3.05. The number of fused-ring (bicyclic) bond motifs is 1. The van der Waals surface area contributed by atoms with Gasteiger partial charge in [-0.15, -0.1) is 0 Å². The summed E-state index contributed by atoms with van der Waals surface area (Å²) >= 11 is 1.61. The Kier molecular flexibility index (Phi) is 5.96. The first-order chi connectivity index (χ1) is 14.3. The lowest BCUT2D eigenvalue weighted by Crippen LogP contribution is -2.22. The third-order valence-corrected chi connectivity index (χ3v) is 5.78. The molecule has 0 atom stereocenters. The lowest BCUT2D eigenvalue weighted by atomic mass is 10.1. The molecule has 0 aliphatic heterocycles. The minimum atomic E-state index is -0.0781. The molecular weight excluding hydrogens is 380 g/mol. The summed E-state index contributed by atoms with van der Waals surface area (Å²) in [5.41, 5.74) is 2.67. The van der Waals surface area contributed by atoms with E-state index in [-0.39, 0.29) is 5.56 Å². The third-order valence-electron chi connectivity index (χ3n) is 4.75. The van der Waals surface area contributed by atoms with Crippen molar-refractivity contribution in [1.82, 2.24) is 9.55 Å². The smallest absolute Gasteiger partial charge is 0.266 e. The summed E-state index contributed by atoms with van der Waals surface area (Å²) in [5, 5.41) is 1.29. The molecule has 0 aliphatic carbocycles. The van der Waals surface area contributed by atoms with E-state index in [1.54, 1.807) is 23.4 Å². The third kappa shape index (κ3) is 4.20. The molecule has 4 nitrogen and oxygen atoms in total. The first kappa shape index (κ1) is 19.3. The van der Waals surface area contributed by atoms with Crippen molar-refractivity contribution in [3.05, 3.63) is 94.8 Å². The van der Waals surface area contributed by atoms with Gasteiger partial charge in [-0.25, -0.2) is 4.98 Å². The monoisotopic (exact) mass is 402 g/mol. The highest BCUT2D eigenvalue weighted by Gasteiger charge is 2.16. The molecule has 0 saturated carbocycles. The van der Waals surface area contributed by atoms with Crippen molar-refractivity contribution < 1.29 is 4.74 Å². The van der Waals surface area contributed by atoms with E-state index < -0.39 is 0 Å². The molecule has 1 aromatic heterocycles. The fourth-order valence-corrected chi connectivity index (χ4v) is 4.27. The number of methoxy groups -OCH3 is 1. The van der Waals surface area contributed by atoms with Gasteiger partial charge in [0.25, 0.3) is 5.56 Å². The van der Waals surface area contributed by atoms with Gasteiger partial charge in [0.05, 0.1) is 23.7 Å². The largest absolute Gasteiger partial charge is 0.495 e. The SMILES string of the molecule is COc1ccccc1-n1c(SCCCc2ccccc2)nc2ccccc2c1=O.